The fourth-order valence-corrected chi connectivity index (χ4v) is 2.11. The van der Waals surface area contributed by atoms with Gasteiger partial charge in [-0.15, -0.1) is 11.3 Å². The number of aliphatic hydroxyl groups is 1. The van der Waals surface area contributed by atoms with E-state index < -0.39 is 24.7 Å². The standard InChI is InChI=1S/C10H12F3NO2S/c1-2-6-3-4-17-8(6)9(16)14-5-7(15)10(11,12)13/h3-4,7,15H,2,5H2,1H3,(H,14,16). The second kappa shape index (κ2) is 5.50. The van der Waals surface area contributed by atoms with E-state index in [4.69, 9.17) is 5.11 Å². The monoisotopic (exact) mass is 267 g/mol. The zero-order valence-corrected chi connectivity index (χ0v) is 9.86. The molecule has 1 unspecified atom stereocenters. The summed E-state index contributed by atoms with van der Waals surface area (Å²) in [5.74, 6) is -0.583. The molecule has 0 bridgehead atoms. The number of aryl methyl sites for hydroxylation is 1. The van der Waals surface area contributed by atoms with Crippen LogP contribution in [0.25, 0.3) is 0 Å². The molecule has 1 heterocycles. The molecule has 1 amide bonds. The highest BCUT2D eigenvalue weighted by atomic mass is 32.1. The maximum atomic E-state index is 12.0. The van der Waals surface area contributed by atoms with Gasteiger partial charge in [-0.2, -0.15) is 13.2 Å². The van der Waals surface area contributed by atoms with Crippen molar-refractivity contribution < 1.29 is 23.1 Å². The number of alkyl halides is 3. The Labute approximate surface area is 100 Å². The van der Waals surface area contributed by atoms with Crippen LogP contribution in [0.5, 0.6) is 0 Å². The Kier molecular flexibility index (Phi) is 4.53. The molecule has 0 aliphatic heterocycles. The maximum Gasteiger partial charge on any atom is 0.416 e. The van der Waals surface area contributed by atoms with Gasteiger partial charge in [-0.25, -0.2) is 0 Å². The van der Waals surface area contributed by atoms with E-state index in [1.54, 1.807) is 11.4 Å². The predicted octanol–water partition coefficient (Wildman–Crippen LogP) is 1.96. The Morgan fingerprint density at radius 1 is 1.59 bits per heavy atom. The van der Waals surface area contributed by atoms with Crippen LogP contribution in [0.15, 0.2) is 11.4 Å². The first-order valence-electron chi connectivity index (χ1n) is 4.95. The summed E-state index contributed by atoms with van der Waals surface area (Å²) in [7, 11) is 0. The molecule has 0 radical (unpaired) electrons. The summed E-state index contributed by atoms with van der Waals surface area (Å²) < 4.78 is 36.0. The Balaban J connectivity index is 2.57. The van der Waals surface area contributed by atoms with Gasteiger partial charge in [0, 0.05) is 0 Å². The van der Waals surface area contributed by atoms with Gasteiger partial charge in [-0.1, -0.05) is 6.92 Å². The van der Waals surface area contributed by atoms with Crippen LogP contribution in [0.2, 0.25) is 0 Å². The normalized spacial score (nSPS) is 13.5. The molecule has 0 aliphatic rings. The molecular weight excluding hydrogens is 255 g/mol. The summed E-state index contributed by atoms with van der Waals surface area (Å²) >= 11 is 1.17. The van der Waals surface area contributed by atoms with E-state index in [1.807, 2.05) is 6.92 Å². The number of halogens is 3. The average molecular weight is 267 g/mol. The van der Waals surface area contributed by atoms with Gasteiger partial charge >= 0.3 is 6.18 Å². The number of hydrogen-bond donors (Lipinski definition) is 2. The number of aliphatic hydroxyl groups excluding tert-OH is 1. The fraction of sp³-hybridized carbons (Fsp3) is 0.500. The zero-order valence-electron chi connectivity index (χ0n) is 9.04. The second-order valence-electron chi connectivity index (χ2n) is 3.40. The van der Waals surface area contributed by atoms with Gasteiger partial charge in [0.1, 0.15) is 0 Å². The number of carbonyl (C=O) groups excluding carboxylic acids is 1. The van der Waals surface area contributed by atoms with Crippen LogP contribution in [0.3, 0.4) is 0 Å². The van der Waals surface area contributed by atoms with Crippen molar-refractivity contribution in [1.82, 2.24) is 5.32 Å². The topological polar surface area (TPSA) is 49.3 Å². The summed E-state index contributed by atoms with van der Waals surface area (Å²) in [6.45, 7) is 1.02. The first-order valence-corrected chi connectivity index (χ1v) is 5.83. The van der Waals surface area contributed by atoms with E-state index in [-0.39, 0.29) is 0 Å². The Morgan fingerprint density at radius 2 is 2.24 bits per heavy atom. The minimum atomic E-state index is -4.71. The molecule has 0 spiro atoms. The highest BCUT2D eigenvalue weighted by Gasteiger charge is 2.38. The summed E-state index contributed by atoms with van der Waals surface area (Å²) in [6.07, 6.45) is -6.61. The SMILES string of the molecule is CCc1ccsc1C(=O)NCC(O)C(F)(F)F. The van der Waals surface area contributed by atoms with E-state index in [1.165, 1.54) is 11.3 Å². The molecule has 7 heteroatoms. The van der Waals surface area contributed by atoms with Crippen molar-refractivity contribution in [3.63, 3.8) is 0 Å². The van der Waals surface area contributed by atoms with Crippen LogP contribution in [0, 0.1) is 0 Å². The van der Waals surface area contributed by atoms with Gasteiger partial charge in [-0.05, 0) is 23.4 Å². The van der Waals surface area contributed by atoms with Crippen molar-refractivity contribution in [2.75, 3.05) is 6.54 Å². The molecule has 1 aromatic rings. The molecule has 2 N–H and O–H groups in total. The lowest BCUT2D eigenvalue weighted by atomic mass is 10.2. The van der Waals surface area contributed by atoms with Gasteiger partial charge in [0.2, 0.25) is 0 Å². The van der Waals surface area contributed by atoms with Crippen molar-refractivity contribution >= 4 is 17.2 Å². The Hall–Kier alpha value is -1.08. The van der Waals surface area contributed by atoms with Crippen LogP contribution in [0.1, 0.15) is 22.2 Å². The third kappa shape index (κ3) is 3.71. The van der Waals surface area contributed by atoms with Gasteiger partial charge in [0.05, 0.1) is 11.4 Å². The number of amides is 1. The van der Waals surface area contributed by atoms with E-state index in [2.05, 4.69) is 5.32 Å². The molecular formula is C10H12F3NO2S. The van der Waals surface area contributed by atoms with Crippen LogP contribution < -0.4 is 5.32 Å². The number of thiophene rings is 1. The highest BCUT2D eigenvalue weighted by Crippen LogP contribution is 2.20. The number of rotatable bonds is 4. The molecule has 1 atom stereocenters. The van der Waals surface area contributed by atoms with E-state index in [9.17, 15) is 18.0 Å². The molecule has 0 aromatic carbocycles. The number of nitrogens with one attached hydrogen (secondary N) is 1. The summed E-state index contributed by atoms with van der Waals surface area (Å²) in [4.78, 5) is 11.9. The summed E-state index contributed by atoms with van der Waals surface area (Å²) in [5.41, 5.74) is 0.786. The highest BCUT2D eigenvalue weighted by molar-refractivity contribution is 7.12. The quantitative estimate of drug-likeness (QED) is 0.876. The molecule has 1 aromatic heterocycles. The van der Waals surface area contributed by atoms with Gasteiger partial charge in [0.15, 0.2) is 6.10 Å². The predicted molar refractivity (Wildman–Crippen MR) is 58.1 cm³/mol. The summed E-state index contributed by atoms with van der Waals surface area (Å²) in [6, 6.07) is 1.75. The van der Waals surface area contributed by atoms with Crippen molar-refractivity contribution in [3.05, 3.63) is 21.9 Å². The van der Waals surface area contributed by atoms with Gasteiger partial charge < -0.3 is 10.4 Å². The third-order valence-corrected chi connectivity index (χ3v) is 3.12. The molecule has 0 saturated carbocycles. The zero-order chi connectivity index (χ0) is 13.1. The van der Waals surface area contributed by atoms with Crippen LogP contribution in [-0.4, -0.2) is 29.8 Å². The third-order valence-electron chi connectivity index (χ3n) is 2.17. The molecule has 17 heavy (non-hydrogen) atoms. The smallest absolute Gasteiger partial charge is 0.382 e. The molecule has 3 nitrogen and oxygen atoms in total. The minimum Gasteiger partial charge on any atom is -0.382 e. The maximum absolute atomic E-state index is 12.0. The van der Waals surface area contributed by atoms with Crippen molar-refractivity contribution in [2.24, 2.45) is 0 Å². The van der Waals surface area contributed by atoms with Crippen LogP contribution in [-0.2, 0) is 6.42 Å². The summed E-state index contributed by atoms with van der Waals surface area (Å²) in [5, 5.41) is 12.5. The Morgan fingerprint density at radius 3 is 2.76 bits per heavy atom. The molecule has 1 rings (SSSR count). The van der Waals surface area contributed by atoms with E-state index in [0.717, 1.165) is 5.56 Å². The van der Waals surface area contributed by atoms with Crippen LogP contribution in [0.4, 0.5) is 13.2 Å². The fourth-order valence-electron chi connectivity index (χ4n) is 1.20. The van der Waals surface area contributed by atoms with Gasteiger partial charge in [-0.3, -0.25) is 4.79 Å². The largest absolute Gasteiger partial charge is 0.416 e. The molecule has 0 saturated heterocycles. The number of carbonyl (C=O) groups is 1. The average Bonchev–Trinajstić information content (AvgIpc) is 2.71. The molecule has 0 aliphatic carbocycles. The first-order chi connectivity index (χ1) is 7.86. The van der Waals surface area contributed by atoms with Crippen LogP contribution >= 0.6 is 11.3 Å². The van der Waals surface area contributed by atoms with Crippen molar-refractivity contribution in [3.8, 4) is 0 Å². The van der Waals surface area contributed by atoms with Crippen molar-refractivity contribution in [2.45, 2.75) is 25.6 Å². The molecule has 0 fully saturated rings. The first kappa shape index (κ1) is 14.0. The number of hydrogen-bond acceptors (Lipinski definition) is 3. The lowest BCUT2D eigenvalue weighted by Gasteiger charge is -2.14. The Bertz CT molecular complexity index is 389. The lowest BCUT2D eigenvalue weighted by Crippen LogP contribution is -2.40. The molecule has 96 valence electrons. The van der Waals surface area contributed by atoms with Gasteiger partial charge in [0.25, 0.3) is 5.91 Å². The van der Waals surface area contributed by atoms with Crippen molar-refractivity contribution in [1.29, 1.82) is 0 Å². The van der Waals surface area contributed by atoms with E-state index >= 15 is 0 Å². The minimum absolute atomic E-state index is 0.391. The second-order valence-corrected chi connectivity index (χ2v) is 4.31. The van der Waals surface area contributed by atoms with E-state index in [0.29, 0.717) is 11.3 Å². The lowest BCUT2D eigenvalue weighted by molar-refractivity contribution is -0.201.